The molecular formula is C17H19N3O2. The molecule has 1 aromatic heterocycles. The van der Waals surface area contributed by atoms with Crippen LogP contribution in [0, 0.1) is 0 Å². The number of benzene rings is 1. The molecule has 1 aromatic carbocycles. The highest BCUT2D eigenvalue weighted by Crippen LogP contribution is 2.24. The lowest BCUT2D eigenvalue weighted by Crippen LogP contribution is -2.21. The SMILES string of the molecule is CCc1ccc(Oc2ccc(C(=NC3CC3)NO)cn2)cc1. The molecule has 0 saturated heterocycles. The molecule has 1 saturated carbocycles. The first-order valence-electron chi connectivity index (χ1n) is 7.49. The van der Waals surface area contributed by atoms with Crippen molar-refractivity contribution in [1.29, 1.82) is 0 Å². The van der Waals surface area contributed by atoms with Gasteiger partial charge in [0.1, 0.15) is 5.75 Å². The average Bonchev–Trinajstić information content (AvgIpc) is 3.38. The van der Waals surface area contributed by atoms with Crippen LogP contribution >= 0.6 is 0 Å². The highest BCUT2D eigenvalue weighted by Gasteiger charge is 2.21. The number of aliphatic imine (C=N–C) groups is 1. The molecule has 22 heavy (non-hydrogen) atoms. The molecule has 2 aromatic rings. The summed E-state index contributed by atoms with van der Waals surface area (Å²) in [5, 5.41) is 9.17. The van der Waals surface area contributed by atoms with E-state index in [1.54, 1.807) is 12.3 Å². The van der Waals surface area contributed by atoms with Crippen LogP contribution < -0.4 is 10.2 Å². The predicted octanol–water partition coefficient (Wildman–Crippen LogP) is 3.32. The summed E-state index contributed by atoms with van der Waals surface area (Å²) in [6, 6.07) is 11.9. The molecule has 0 unspecified atom stereocenters. The monoisotopic (exact) mass is 297 g/mol. The zero-order valence-corrected chi connectivity index (χ0v) is 12.5. The van der Waals surface area contributed by atoms with E-state index in [0.29, 0.717) is 17.8 Å². The Morgan fingerprint density at radius 1 is 1.27 bits per heavy atom. The van der Waals surface area contributed by atoms with E-state index in [9.17, 15) is 5.21 Å². The zero-order valence-electron chi connectivity index (χ0n) is 12.5. The van der Waals surface area contributed by atoms with Crippen molar-refractivity contribution in [2.45, 2.75) is 32.2 Å². The van der Waals surface area contributed by atoms with Gasteiger partial charge in [0.05, 0.1) is 6.04 Å². The second-order valence-electron chi connectivity index (χ2n) is 5.31. The molecule has 0 bridgehead atoms. The third kappa shape index (κ3) is 3.62. The summed E-state index contributed by atoms with van der Waals surface area (Å²) in [5.41, 5.74) is 4.15. The minimum absolute atomic E-state index is 0.322. The number of hydroxylamine groups is 1. The van der Waals surface area contributed by atoms with Crippen molar-refractivity contribution < 1.29 is 9.94 Å². The summed E-state index contributed by atoms with van der Waals surface area (Å²) in [4.78, 5) is 8.64. The third-order valence-corrected chi connectivity index (χ3v) is 3.53. The number of hydrogen-bond acceptors (Lipinski definition) is 4. The number of ether oxygens (including phenoxy) is 1. The summed E-state index contributed by atoms with van der Waals surface area (Å²) in [7, 11) is 0. The van der Waals surface area contributed by atoms with Crippen LogP contribution in [0.15, 0.2) is 47.6 Å². The predicted molar refractivity (Wildman–Crippen MR) is 84.6 cm³/mol. The van der Waals surface area contributed by atoms with Crippen LogP contribution in [-0.4, -0.2) is 22.1 Å². The van der Waals surface area contributed by atoms with Crippen molar-refractivity contribution >= 4 is 5.84 Å². The number of nitrogens with one attached hydrogen (secondary N) is 1. The van der Waals surface area contributed by atoms with Gasteiger partial charge in [0.25, 0.3) is 0 Å². The Kier molecular flexibility index (Phi) is 4.34. The molecule has 0 radical (unpaired) electrons. The van der Waals surface area contributed by atoms with Crippen molar-refractivity contribution in [1.82, 2.24) is 10.5 Å². The lowest BCUT2D eigenvalue weighted by molar-refractivity contribution is 0.234. The van der Waals surface area contributed by atoms with Crippen LogP contribution in [0.5, 0.6) is 11.6 Å². The van der Waals surface area contributed by atoms with Crippen LogP contribution in [0.25, 0.3) is 0 Å². The van der Waals surface area contributed by atoms with Gasteiger partial charge in [-0.15, -0.1) is 0 Å². The summed E-state index contributed by atoms with van der Waals surface area (Å²) in [5.74, 6) is 1.72. The highest BCUT2D eigenvalue weighted by molar-refractivity contribution is 5.97. The normalized spacial score (nSPS) is 14.7. The lowest BCUT2D eigenvalue weighted by Gasteiger charge is -2.07. The fourth-order valence-electron chi connectivity index (χ4n) is 2.05. The van der Waals surface area contributed by atoms with E-state index < -0.39 is 0 Å². The maximum atomic E-state index is 9.17. The lowest BCUT2D eigenvalue weighted by atomic mass is 10.2. The average molecular weight is 297 g/mol. The van der Waals surface area contributed by atoms with Crippen LogP contribution in [0.2, 0.25) is 0 Å². The van der Waals surface area contributed by atoms with Crippen molar-refractivity contribution in [2.24, 2.45) is 4.99 Å². The van der Waals surface area contributed by atoms with E-state index in [1.807, 2.05) is 30.3 Å². The second kappa shape index (κ2) is 6.58. The Balaban J connectivity index is 1.70. The number of amidine groups is 1. The first kappa shape index (κ1) is 14.5. The smallest absolute Gasteiger partial charge is 0.219 e. The Labute approximate surface area is 129 Å². The van der Waals surface area contributed by atoms with Gasteiger partial charge in [-0.1, -0.05) is 19.1 Å². The number of hydrogen-bond donors (Lipinski definition) is 2. The largest absolute Gasteiger partial charge is 0.439 e. The highest BCUT2D eigenvalue weighted by atomic mass is 16.5. The van der Waals surface area contributed by atoms with Crippen LogP contribution in [0.4, 0.5) is 0 Å². The summed E-state index contributed by atoms with van der Waals surface area (Å²) in [6.45, 7) is 2.12. The van der Waals surface area contributed by atoms with Crippen molar-refractivity contribution in [3.8, 4) is 11.6 Å². The fourth-order valence-corrected chi connectivity index (χ4v) is 2.05. The quantitative estimate of drug-likeness (QED) is 0.505. The first-order valence-corrected chi connectivity index (χ1v) is 7.49. The van der Waals surface area contributed by atoms with Gasteiger partial charge in [0.15, 0.2) is 5.84 Å². The van der Waals surface area contributed by atoms with E-state index in [1.165, 1.54) is 5.56 Å². The van der Waals surface area contributed by atoms with Gasteiger partial charge in [-0.05, 0) is 43.0 Å². The third-order valence-electron chi connectivity index (χ3n) is 3.53. The Bertz CT molecular complexity index is 647. The van der Waals surface area contributed by atoms with Gasteiger partial charge >= 0.3 is 0 Å². The molecule has 2 N–H and O–H groups in total. The standard InChI is InChI=1S/C17H19N3O2/c1-2-12-3-8-15(9-4-12)22-16-10-5-13(11-18-16)17(20-21)19-14-6-7-14/h3-5,8-11,14,21H,2,6-7H2,1H3,(H,19,20). The molecule has 0 atom stereocenters. The minimum Gasteiger partial charge on any atom is -0.439 e. The molecule has 1 fully saturated rings. The Morgan fingerprint density at radius 2 is 2.05 bits per heavy atom. The molecule has 0 spiro atoms. The maximum Gasteiger partial charge on any atom is 0.219 e. The Hall–Kier alpha value is -2.40. The van der Waals surface area contributed by atoms with Crippen LogP contribution in [0.3, 0.4) is 0 Å². The van der Waals surface area contributed by atoms with Gasteiger partial charge < -0.3 is 4.74 Å². The van der Waals surface area contributed by atoms with Crippen molar-refractivity contribution in [2.75, 3.05) is 0 Å². The molecular weight excluding hydrogens is 278 g/mol. The Morgan fingerprint density at radius 3 is 2.59 bits per heavy atom. The van der Waals surface area contributed by atoms with Crippen molar-refractivity contribution in [3.63, 3.8) is 0 Å². The molecule has 114 valence electrons. The summed E-state index contributed by atoms with van der Waals surface area (Å²) < 4.78 is 5.71. The van der Waals surface area contributed by atoms with E-state index in [4.69, 9.17) is 4.74 Å². The van der Waals surface area contributed by atoms with Crippen LogP contribution in [-0.2, 0) is 6.42 Å². The molecule has 3 rings (SSSR count). The number of pyridine rings is 1. The van der Waals surface area contributed by atoms with Gasteiger partial charge in [0.2, 0.25) is 5.88 Å². The molecule has 0 amide bonds. The van der Waals surface area contributed by atoms with Gasteiger partial charge in [-0.3, -0.25) is 15.7 Å². The van der Waals surface area contributed by atoms with E-state index in [2.05, 4.69) is 22.4 Å². The maximum absolute atomic E-state index is 9.17. The number of aromatic nitrogens is 1. The molecule has 1 aliphatic rings. The fraction of sp³-hybridized carbons (Fsp3) is 0.294. The molecule has 1 aliphatic carbocycles. The topological polar surface area (TPSA) is 66.7 Å². The molecule has 1 heterocycles. The molecule has 5 nitrogen and oxygen atoms in total. The van der Waals surface area contributed by atoms with Crippen LogP contribution in [0.1, 0.15) is 30.9 Å². The number of nitrogens with zero attached hydrogens (tertiary/aromatic N) is 2. The number of aryl methyl sites for hydroxylation is 1. The molecule has 5 heteroatoms. The van der Waals surface area contributed by atoms with Crippen molar-refractivity contribution in [3.05, 3.63) is 53.7 Å². The minimum atomic E-state index is 0.322. The molecule has 0 aliphatic heterocycles. The summed E-state index contributed by atoms with van der Waals surface area (Å²) in [6.07, 6.45) is 4.80. The van der Waals surface area contributed by atoms with Gasteiger partial charge in [-0.25, -0.2) is 4.98 Å². The number of rotatable bonds is 5. The summed E-state index contributed by atoms with van der Waals surface area (Å²) >= 11 is 0. The second-order valence-corrected chi connectivity index (χ2v) is 5.31. The van der Waals surface area contributed by atoms with Gasteiger partial charge in [0, 0.05) is 17.8 Å². The van der Waals surface area contributed by atoms with E-state index in [0.717, 1.165) is 30.6 Å². The van der Waals surface area contributed by atoms with E-state index in [-0.39, 0.29) is 0 Å². The first-order chi connectivity index (χ1) is 10.8. The zero-order chi connectivity index (χ0) is 15.4. The van der Waals surface area contributed by atoms with E-state index >= 15 is 0 Å². The van der Waals surface area contributed by atoms with Gasteiger partial charge in [-0.2, -0.15) is 0 Å².